The van der Waals surface area contributed by atoms with Gasteiger partial charge in [0.1, 0.15) is 6.10 Å². The third-order valence-electron chi connectivity index (χ3n) is 3.79. The van der Waals surface area contributed by atoms with Crippen LogP contribution in [0.1, 0.15) is 18.4 Å². The van der Waals surface area contributed by atoms with Crippen LogP contribution < -0.4 is 4.74 Å². The molecule has 2 aromatic rings. The van der Waals surface area contributed by atoms with Gasteiger partial charge in [-0.05, 0) is 18.4 Å². The van der Waals surface area contributed by atoms with Gasteiger partial charge in [-0.15, -0.1) is 0 Å². The normalized spacial score (nSPS) is 19.1. The Morgan fingerprint density at radius 3 is 2.62 bits per heavy atom. The molecule has 1 unspecified atom stereocenters. The molecule has 1 aliphatic heterocycles. The van der Waals surface area contributed by atoms with Crippen LogP contribution in [0, 0.1) is 0 Å². The van der Waals surface area contributed by atoms with Gasteiger partial charge < -0.3 is 4.74 Å². The van der Waals surface area contributed by atoms with Crippen molar-refractivity contribution in [2.75, 3.05) is 13.1 Å². The molecule has 0 spiro atoms. The maximum absolute atomic E-state index is 12.6. The van der Waals surface area contributed by atoms with E-state index in [1.54, 1.807) is 0 Å². The highest BCUT2D eigenvalue weighted by atomic mass is 35.5. The molecule has 6 nitrogen and oxygen atoms in total. The Labute approximate surface area is 146 Å². The molecule has 1 saturated heterocycles. The fourth-order valence-corrected chi connectivity index (χ4v) is 4.33. The van der Waals surface area contributed by atoms with Crippen LogP contribution in [0.25, 0.3) is 0 Å². The van der Waals surface area contributed by atoms with Crippen LogP contribution >= 0.6 is 11.6 Å². The van der Waals surface area contributed by atoms with Gasteiger partial charge in [-0.25, -0.2) is 18.4 Å². The molecule has 0 saturated carbocycles. The number of aromatic nitrogens is 2. The minimum Gasteiger partial charge on any atom is -0.459 e. The average molecular weight is 368 g/mol. The first-order chi connectivity index (χ1) is 11.5. The molecule has 0 radical (unpaired) electrons. The van der Waals surface area contributed by atoms with Gasteiger partial charge in [0.15, 0.2) is 0 Å². The minimum absolute atomic E-state index is 0.00198. The summed E-state index contributed by atoms with van der Waals surface area (Å²) in [5.41, 5.74) is 0.779. The zero-order valence-corrected chi connectivity index (χ0v) is 14.6. The summed E-state index contributed by atoms with van der Waals surface area (Å²) >= 11 is 5.75. The largest absolute Gasteiger partial charge is 0.459 e. The van der Waals surface area contributed by atoms with Crippen LogP contribution in [0.2, 0.25) is 5.02 Å². The second kappa shape index (κ2) is 7.46. The molecule has 2 heterocycles. The lowest BCUT2D eigenvalue weighted by atomic mass is 10.1. The van der Waals surface area contributed by atoms with Gasteiger partial charge in [-0.2, -0.15) is 4.31 Å². The summed E-state index contributed by atoms with van der Waals surface area (Å²) in [6.07, 6.45) is 4.16. The first-order valence-corrected chi connectivity index (χ1v) is 9.67. The van der Waals surface area contributed by atoms with Gasteiger partial charge in [-0.1, -0.05) is 41.9 Å². The van der Waals surface area contributed by atoms with Gasteiger partial charge in [-0.3, -0.25) is 0 Å². The van der Waals surface area contributed by atoms with E-state index < -0.39 is 10.0 Å². The van der Waals surface area contributed by atoms with Gasteiger partial charge >= 0.3 is 6.01 Å². The Kier molecular flexibility index (Phi) is 5.33. The SMILES string of the molecule is O=S(=O)(Cc1ccccc1)N1CCCC(Oc2ncc(Cl)cn2)C1. The lowest BCUT2D eigenvalue weighted by Crippen LogP contribution is -2.44. The third-order valence-corrected chi connectivity index (χ3v) is 5.81. The zero-order valence-electron chi connectivity index (χ0n) is 13.0. The fraction of sp³-hybridized carbons (Fsp3) is 0.375. The summed E-state index contributed by atoms with van der Waals surface area (Å²) in [7, 11) is -3.38. The Balaban J connectivity index is 1.65. The maximum atomic E-state index is 12.6. The van der Waals surface area contributed by atoms with E-state index in [1.807, 2.05) is 30.3 Å². The van der Waals surface area contributed by atoms with Crippen LogP contribution in [0.15, 0.2) is 42.7 Å². The standard InChI is InChI=1S/C16H18ClN3O3S/c17-14-9-18-16(19-10-14)23-15-7-4-8-20(11-15)24(21,22)12-13-5-2-1-3-6-13/h1-3,5-6,9-10,15H,4,7-8,11-12H2. The molecule has 1 atom stereocenters. The molecule has 128 valence electrons. The Morgan fingerprint density at radius 2 is 1.92 bits per heavy atom. The quantitative estimate of drug-likeness (QED) is 0.811. The molecule has 1 fully saturated rings. The minimum atomic E-state index is -3.38. The number of benzene rings is 1. The summed E-state index contributed by atoms with van der Waals surface area (Å²) in [4.78, 5) is 7.99. The highest BCUT2D eigenvalue weighted by molar-refractivity contribution is 7.88. The number of ether oxygens (including phenoxy) is 1. The number of halogens is 1. The van der Waals surface area contributed by atoms with Crippen molar-refractivity contribution in [3.05, 3.63) is 53.3 Å². The summed E-state index contributed by atoms with van der Waals surface area (Å²) in [6, 6.07) is 9.39. The lowest BCUT2D eigenvalue weighted by Gasteiger charge is -2.31. The van der Waals surface area contributed by atoms with E-state index >= 15 is 0 Å². The molecule has 0 amide bonds. The first-order valence-electron chi connectivity index (χ1n) is 7.69. The monoisotopic (exact) mass is 367 g/mol. The predicted molar refractivity (Wildman–Crippen MR) is 91.3 cm³/mol. The van der Waals surface area contributed by atoms with Crippen molar-refractivity contribution in [1.82, 2.24) is 14.3 Å². The second-order valence-corrected chi connectivity index (χ2v) is 8.07. The van der Waals surface area contributed by atoms with Gasteiger partial charge in [0.2, 0.25) is 10.0 Å². The number of hydrogen-bond donors (Lipinski definition) is 0. The van der Waals surface area contributed by atoms with E-state index in [0.29, 0.717) is 18.1 Å². The Hall–Kier alpha value is -1.70. The number of rotatable bonds is 5. The maximum Gasteiger partial charge on any atom is 0.316 e. The highest BCUT2D eigenvalue weighted by Crippen LogP contribution is 2.20. The van der Waals surface area contributed by atoms with E-state index in [0.717, 1.165) is 18.4 Å². The summed E-state index contributed by atoms with van der Waals surface area (Å²) in [5, 5.41) is 0.429. The predicted octanol–water partition coefficient (Wildman–Crippen LogP) is 2.50. The fourth-order valence-electron chi connectivity index (χ4n) is 2.64. The van der Waals surface area contributed by atoms with Crippen molar-refractivity contribution in [1.29, 1.82) is 0 Å². The molecular weight excluding hydrogens is 350 g/mol. The summed E-state index contributed by atoms with van der Waals surface area (Å²) in [5.74, 6) is -0.00198. The molecule has 0 bridgehead atoms. The molecule has 3 rings (SSSR count). The molecule has 1 aliphatic rings. The molecule has 1 aromatic carbocycles. The van der Waals surface area contributed by atoms with Gasteiger partial charge in [0.05, 0.1) is 29.7 Å². The molecule has 24 heavy (non-hydrogen) atoms. The Bertz CT molecular complexity index is 769. The lowest BCUT2D eigenvalue weighted by molar-refractivity contribution is 0.119. The zero-order chi connectivity index (χ0) is 17.0. The van der Waals surface area contributed by atoms with Gasteiger partial charge in [0, 0.05) is 6.54 Å². The molecule has 0 aliphatic carbocycles. The summed E-state index contributed by atoms with van der Waals surface area (Å²) < 4.78 is 32.4. The highest BCUT2D eigenvalue weighted by Gasteiger charge is 2.30. The number of nitrogens with zero attached hydrogens (tertiary/aromatic N) is 3. The smallest absolute Gasteiger partial charge is 0.316 e. The molecule has 8 heteroatoms. The van der Waals surface area contributed by atoms with Crippen LogP contribution in [0.4, 0.5) is 0 Å². The molecule has 1 aromatic heterocycles. The number of sulfonamides is 1. The molecule has 0 N–H and O–H groups in total. The molecular formula is C16H18ClN3O3S. The van der Waals surface area contributed by atoms with Crippen molar-refractivity contribution in [3.8, 4) is 6.01 Å². The third kappa shape index (κ3) is 4.43. The van der Waals surface area contributed by atoms with E-state index in [1.165, 1.54) is 16.7 Å². The second-order valence-electron chi connectivity index (χ2n) is 5.67. The van der Waals surface area contributed by atoms with E-state index in [4.69, 9.17) is 16.3 Å². The van der Waals surface area contributed by atoms with Crippen molar-refractivity contribution in [2.45, 2.75) is 24.7 Å². The van der Waals surface area contributed by atoms with E-state index in [-0.39, 0.29) is 17.9 Å². The number of piperidine rings is 1. The van der Waals surface area contributed by atoms with Crippen molar-refractivity contribution in [2.24, 2.45) is 0 Å². The van der Waals surface area contributed by atoms with Crippen LogP contribution in [0.5, 0.6) is 6.01 Å². The van der Waals surface area contributed by atoms with Gasteiger partial charge in [0.25, 0.3) is 0 Å². The Morgan fingerprint density at radius 1 is 1.21 bits per heavy atom. The van der Waals surface area contributed by atoms with E-state index in [9.17, 15) is 8.42 Å². The topological polar surface area (TPSA) is 72.4 Å². The van der Waals surface area contributed by atoms with Crippen LogP contribution in [-0.2, 0) is 15.8 Å². The van der Waals surface area contributed by atoms with Crippen molar-refractivity contribution in [3.63, 3.8) is 0 Å². The van der Waals surface area contributed by atoms with Crippen molar-refractivity contribution >= 4 is 21.6 Å². The van der Waals surface area contributed by atoms with Crippen LogP contribution in [-0.4, -0.2) is 41.9 Å². The first kappa shape index (κ1) is 17.1. The average Bonchev–Trinajstić information content (AvgIpc) is 2.58. The van der Waals surface area contributed by atoms with Crippen LogP contribution in [0.3, 0.4) is 0 Å². The summed E-state index contributed by atoms with van der Waals surface area (Å²) in [6.45, 7) is 0.817. The van der Waals surface area contributed by atoms with E-state index in [2.05, 4.69) is 9.97 Å². The van der Waals surface area contributed by atoms with Crippen molar-refractivity contribution < 1.29 is 13.2 Å². The number of hydrogen-bond acceptors (Lipinski definition) is 5.